The number of nitrogens with zero attached hydrogens (tertiary/aromatic N) is 2. The largest absolute Gasteiger partial charge is 0.244 e. The molecule has 0 spiro atoms. The van der Waals surface area contributed by atoms with E-state index in [1.165, 1.54) is 12.8 Å². The molecule has 0 bridgehead atoms. The van der Waals surface area contributed by atoms with Crippen LogP contribution in [0.15, 0.2) is 18.7 Å². The highest BCUT2D eigenvalue weighted by Gasteiger charge is 2.32. The van der Waals surface area contributed by atoms with Gasteiger partial charge in [0.25, 0.3) is 0 Å². The van der Waals surface area contributed by atoms with Gasteiger partial charge in [0.1, 0.15) is 17.9 Å². The lowest BCUT2D eigenvalue weighted by Crippen LogP contribution is -2.39. The molecule has 0 radical (unpaired) electrons. The predicted molar refractivity (Wildman–Crippen MR) is 86.8 cm³/mol. The molecule has 116 valence electrons. The van der Waals surface area contributed by atoms with Gasteiger partial charge in [0, 0.05) is 0 Å². The summed E-state index contributed by atoms with van der Waals surface area (Å²) in [6, 6.07) is 0.543. The molecule has 1 atom stereocenters. The standard InChI is InChI=1S/C18H35N2/c1-15(12-16(2,3)4)19-10-11-20(14-19)18(8,9)13-17(5,6)7/h10-11,14-15H,12-13H2,1-9H3/q+1. The van der Waals surface area contributed by atoms with E-state index in [2.05, 4.69) is 90.2 Å². The lowest BCUT2D eigenvalue weighted by molar-refractivity contribution is -0.721. The van der Waals surface area contributed by atoms with Crippen molar-refractivity contribution in [2.24, 2.45) is 10.8 Å². The minimum absolute atomic E-state index is 0.158. The molecule has 0 aliphatic carbocycles. The summed E-state index contributed by atoms with van der Waals surface area (Å²) in [5, 5.41) is 0. The van der Waals surface area contributed by atoms with Crippen molar-refractivity contribution in [2.75, 3.05) is 0 Å². The van der Waals surface area contributed by atoms with E-state index in [1.54, 1.807) is 0 Å². The van der Waals surface area contributed by atoms with Crippen molar-refractivity contribution in [3.63, 3.8) is 0 Å². The average Bonchev–Trinajstić information content (AvgIpc) is 2.58. The number of hydrogen-bond donors (Lipinski definition) is 0. The zero-order valence-corrected chi connectivity index (χ0v) is 15.1. The van der Waals surface area contributed by atoms with E-state index in [0.717, 1.165) is 0 Å². The molecule has 0 aromatic carbocycles. The molecule has 0 aliphatic rings. The Labute approximate surface area is 126 Å². The van der Waals surface area contributed by atoms with E-state index >= 15 is 0 Å². The summed E-state index contributed by atoms with van der Waals surface area (Å²) < 4.78 is 4.73. The van der Waals surface area contributed by atoms with Crippen LogP contribution >= 0.6 is 0 Å². The maximum absolute atomic E-state index is 2.37. The van der Waals surface area contributed by atoms with Crippen molar-refractivity contribution >= 4 is 0 Å². The minimum Gasteiger partial charge on any atom is -0.234 e. The van der Waals surface area contributed by atoms with Crippen molar-refractivity contribution in [1.82, 2.24) is 4.57 Å². The zero-order valence-electron chi connectivity index (χ0n) is 15.1. The quantitative estimate of drug-likeness (QED) is 0.690. The zero-order chi connectivity index (χ0) is 15.8. The summed E-state index contributed by atoms with van der Waals surface area (Å²) in [7, 11) is 0. The maximum atomic E-state index is 2.37. The van der Waals surface area contributed by atoms with Crippen LogP contribution < -0.4 is 4.57 Å². The van der Waals surface area contributed by atoms with Crippen molar-refractivity contribution in [2.45, 2.75) is 86.7 Å². The van der Waals surface area contributed by atoms with Crippen LogP contribution in [0, 0.1) is 10.8 Å². The first-order valence-corrected chi connectivity index (χ1v) is 7.89. The Bertz CT molecular complexity index is 427. The lowest BCUT2D eigenvalue weighted by atomic mass is 9.82. The molecular formula is C18H35N2+. The molecular weight excluding hydrogens is 244 g/mol. The summed E-state index contributed by atoms with van der Waals surface area (Å²) in [5.74, 6) is 0. The fourth-order valence-electron chi connectivity index (χ4n) is 3.37. The topological polar surface area (TPSA) is 8.81 Å². The van der Waals surface area contributed by atoms with Gasteiger partial charge in [-0.05, 0) is 44.4 Å². The molecule has 0 fully saturated rings. The van der Waals surface area contributed by atoms with Crippen LogP contribution in [0.5, 0.6) is 0 Å². The SMILES string of the molecule is CC(CC(C)(C)C)[n+]1ccn(C(C)(C)CC(C)(C)C)c1. The van der Waals surface area contributed by atoms with Crippen molar-refractivity contribution in [3.8, 4) is 0 Å². The molecule has 1 aromatic rings. The molecule has 0 aliphatic heterocycles. The second-order valence-corrected chi connectivity index (χ2v) is 9.43. The van der Waals surface area contributed by atoms with Crippen LogP contribution in [-0.4, -0.2) is 4.57 Å². The van der Waals surface area contributed by atoms with Gasteiger partial charge in [-0.15, -0.1) is 0 Å². The first-order chi connectivity index (χ1) is 8.80. The normalized spacial score (nSPS) is 15.4. The van der Waals surface area contributed by atoms with E-state index in [-0.39, 0.29) is 5.54 Å². The van der Waals surface area contributed by atoms with E-state index in [0.29, 0.717) is 16.9 Å². The lowest BCUT2D eigenvalue weighted by Gasteiger charge is -2.29. The molecule has 0 N–H and O–H groups in total. The molecule has 0 amide bonds. The number of imidazole rings is 1. The van der Waals surface area contributed by atoms with Crippen LogP contribution in [0.1, 0.15) is 81.2 Å². The van der Waals surface area contributed by atoms with Gasteiger partial charge >= 0.3 is 0 Å². The molecule has 1 unspecified atom stereocenters. The third-order valence-corrected chi connectivity index (χ3v) is 3.74. The summed E-state index contributed by atoms with van der Waals surface area (Å²) in [6.07, 6.45) is 9.09. The molecule has 0 saturated heterocycles. The van der Waals surface area contributed by atoms with Gasteiger partial charge in [-0.2, -0.15) is 0 Å². The highest BCUT2D eigenvalue weighted by Crippen LogP contribution is 2.32. The molecule has 2 heteroatoms. The average molecular weight is 279 g/mol. The Hall–Kier alpha value is -0.790. The maximum Gasteiger partial charge on any atom is 0.244 e. The first-order valence-electron chi connectivity index (χ1n) is 7.89. The van der Waals surface area contributed by atoms with Crippen LogP contribution in [0.4, 0.5) is 0 Å². The number of hydrogen-bond acceptors (Lipinski definition) is 0. The Morgan fingerprint density at radius 2 is 1.50 bits per heavy atom. The minimum atomic E-state index is 0.158. The van der Waals surface area contributed by atoms with Crippen LogP contribution in [0.3, 0.4) is 0 Å². The van der Waals surface area contributed by atoms with Crippen molar-refractivity contribution < 1.29 is 4.57 Å². The Kier molecular flexibility index (Phi) is 4.78. The fraction of sp³-hybridized carbons (Fsp3) is 0.833. The Morgan fingerprint density at radius 1 is 0.950 bits per heavy atom. The fourth-order valence-corrected chi connectivity index (χ4v) is 3.37. The van der Waals surface area contributed by atoms with Crippen LogP contribution in [0.2, 0.25) is 0 Å². The van der Waals surface area contributed by atoms with E-state index < -0.39 is 0 Å². The van der Waals surface area contributed by atoms with Gasteiger partial charge in [-0.3, -0.25) is 0 Å². The second-order valence-electron chi connectivity index (χ2n) is 9.43. The molecule has 1 rings (SSSR count). The van der Waals surface area contributed by atoms with Gasteiger partial charge in [0.05, 0.1) is 6.04 Å². The van der Waals surface area contributed by atoms with Crippen LogP contribution in [-0.2, 0) is 5.54 Å². The molecule has 2 nitrogen and oxygen atoms in total. The Morgan fingerprint density at radius 3 is 1.95 bits per heavy atom. The van der Waals surface area contributed by atoms with Crippen molar-refractivity contribution in [3.05, 3.63) is 18.7 Å². The second kappa shape index (κ2) is 5.54. The Balaban J connectivity index is 2.86. The molecule has 0 saturated carbocycles. The smallest absolute Gasteiger partial charge is 0.234 e. The molecule has 20 heavy (non-hydrogen) atoms. The van der Waals surface area contributed by atoms with E-state index in [9.17, 15) is 0 Å². The summed E-state index contributed by atoms with van der Waals surface area (Å²) in [5.41, 5.74) is 0.871. The van der Waals surface area contributed by atoms with E-state index in [1.807, 2.05) is 0 Å². The van der Waals surface area contributed by atoms with E-state index in [4.69, 9.17) is 0 Å². The highest BCUT2D eigenvalue weighted by molar-refractivity contribution is 4.86. The first kappa shape index (κ1) is 17.3. The van der Waals surface area contributed by atoms with Gasteiger partial charge in [0.15, 0.2) is 0 Å². The van der Waals surface area contributed by atoms with Crippen molar-refractivity contribution in [1.29, 1.82) is 0 Å². The monoisotopic (exact) mass is 279 g/mol. The predicted octanol–water partition coefficient (Wildman–Crippen LogP) is 4.94. The summed E-state index contributed by atoms with van der Waals surface area (Å²) >= 11 is 0. The van der Waals surface area contributed by atoms with Gasteiger partial charge in [-0.25, -0.2) is 9.13 Å². The molecule has 1 aromatic heterocycles. The highest BCUT2D eigenvalue weighted by atomic mass is 15.2. The number of rotatable bonds is 4. The molecule has 1 heterocycles. The summed E-state index contributed by atoms with van der Waals surface area (Å²) in [4.78, 5) is 0. The van der Waals surface area contributed by atoms with Gasteiger partial charge in [-0.1, -0.05) is 41.5 Å². The van der Waals surface area contributed by atoms with Gasteiger partial charge < -0.3 is 0 Å². The third-order valence-electron chi connectivity index (χ3n) is 3.74. The van der Waals surface area contributed by atoms with Crippen LogP contribution in [0.25, 0.3) is 0 Å². The van der Waals surface area contributed by atoms with Gasteiger partial charge in [0.2, 0.25) is 6.33 Å². The number of aromatic nitrogens is 2. The summed E-state index contributed by atoms with van der Waals surface area (Å²) in [6.45, 7) is 20.8. The third kappa shape index (κ3) is 5.30.